The Bertz CT molecular complexity index is 1170. The van der Waals surface area contributed by atoms with Gasteiger partial charge in [0.15, 0.2) is 5.65 Å². The Labute approximate surface area is 186 Å². The van der Waals surface area contributed by atoms with Gasteiger partial charge in [-0.1, -0.05) is 6.07 Å². The Balaban J connectivity index is 1.57. The van der Waals surface area contributed by atoms with Crippen LogP contribution in [0, 0.1) is 0 Å². The lowest BCUT2D eigenvalue weighted by Gasteiger charge is -2.30. The highest BCUT2D eigenvalue weighted by Gasteiger charge is 2.18. The Morgan fingerprint density at radius 3 is 2.76 bits per heavy atom. The first-order chi connectivity index (χ1) is 14.2. The van der Waals surface area contributed by atoms with Crippen LogP contribution in [0.4, 0.5) is 5.69 Å². The van der Waals surface area contributed by atoms with Crippen LogP contribution in [-0.2, 0) is 0 Å². The number of halogens is 1. The SMILES string of the molecule is CN1CCC(Nc2ccnc3ccc(-c4cn(SI)c5ncccc45)cc23)CC1. The van der Waals surface area contributed by atoms with Crippen molar-refractivity contribution in [1.82, 2.24) is 18.8 Å². The minimum Gasteiger partial charge on any atom is -0.382 e. The van der Waals surface area contributed by atoms with Crippen molar-refractivity contribution < 1.29 is 0 Å². The Morgan fingerprint density at radius 1 is 1.07 bits per heavy atom. The van der Waals surface area contributed by atoms with E-state index in [1.165, 1.54) is 40.4 Å². The number of rotatable bonds is 4. The number of hydrogen-bond donors (Lipinski definition) is 1. The molecule has 1 aliphatic rings. The zero-order chi connectivity index (χ0) is 19.8. The minimum atomic E-state index is 0.516. The van der Waals surface area contributed by atoms with Crippen molar-refractivity contribution in [3.8, 4) is 11.1 Å². The maximum absolute atomic E-state index is 4.59. The number of nitrogens with zero attached hydrogens (tertiary/aromatic N) is 4. The third-order valence-electron chi connectivity index (χ3n) is 5.74. The van der Waals surface area contributed by atoms with Gasteiger partial charge >= 0.3 is 0 Å². The fraction of sp³-hybridized carbons (Fsp3) is 0.273. The van der Waals surface area contributed by atoms with Crippen LogP contribution in [0.25, 0.3) is 33.1 Å². The molecular formula is C22H22IN5S. The average Bonchev–Trinajstić information content (AvgIpc) is 3.14. The van der Waals surface area contributed by atoms with Crippen molar-refractivity contribution in [2.45, 2.75) is 18.9 Å². The van der Waals surface area contributed by atoms with Gasteiger partial charge in [0.2, 0.25) is 0 Å². The molecule has 0 bridgehead atoms. The summed E-state index contributed by atoms with van der Waals surface area (Å²) >= 11 is 2.30. The lowest BCUT2D eigenvalue weighted by Crippen LogP contribution is -2.36. The van der Waals surface area contributed by atoms with Crippen molar-refractivity contribution in [3.05, 3.63) is 55.0 Å². The van der Waals surface area contributed by atoms with Crippen molar-refractivity contribution in [2.75, 3.05) is 25.5 Å². The van der Waals surface area contributed by atoms with Crippen LogP contribution >= 0.6 is 30.3 Å². The van der Waals surface area contributed by atoms with Gasteiger partial charge in [0.05, 0.1) is 5.52 Å². The summed E-state index contributed by atoms with van der Waals surface area (Å²) in [6.45, 7) is 2.29. The summed E-state index contributed by atoms with van der Waals surface area (Å²) in [5.41, 5.74) is 5.60. The van der Waals surface area contributed by atoms with Gasteiger partial charge < -0.3 is 10.2 Å². The largest absolute Gasteiger partial charge is 0.382 e. The molecule has 1 N–H and O–H groups in total. The number of hydrogen-bond acceptors (Lipinski definition) is 5. The van der Waals surface area contributed by atoms with Gasteiger partial charge in [-0.2, -0.15) is 0 Å². The van der Waals surface area contributed by atoms with Crippen LogP contribution in [0.5, 0.6) is 0 Å². The van der Waals surface area contributed by atoms with E-state index in [9.17, 15) is 0 Å². The summed E-state index contributed by atoms with van der Waals surface area (Å²) in [6, 6.07) is 13.3. The molecule has 1 saturated heterocycles. The third kappa shape index (κ3) is 3.71. The number of fused-ring (bicyclic) bond motifs is 2. The monoisotopic (exact) mass is 515 g/mol. The second kappa shape index (κ2) is 8.12. The molecule has 0 amide bonds. The number of piperidine rings is 1. The number of likely N-dealkylation sites (tertiary alicyclic amines) is 1. The summed E-state index contributed by atoms with van der Waals surface area (Å²) < 4.78 is 2.12. The van der Waals surface area contributed by atoms with Gasteiger partial charge in [0.25, 0.3) is 0 Å². The van der Waals surface area contributed by atoms with Crippen molar-refractivity contribution >= 4 is 57.9 Å². The zero-order valence-corrected chi connectivity index (χ0v) is 19.2. The van der Waals surface area contributed by atoms with Gasteiger partial charge in [-0.15, -0.1) is 0 Å². The standard InChI is InChI=1S/C22H22IN5S/c1-27-11-7-16(8-12-27)26-21-6-10-24-20-5-4-15(13-18(20)21)19-14-28(29-23)22-17(19)3-2-9-25-22/h2-6,9-10,13-14,16H,7-8,11-12H2,1H3,(H,24,26). The molecular weight excluding hydrogens is 493 g/mol. The molecule has 0 unspecified atom stereocenters. The molecule has 0 spiro atoms. The molecule has 29 heavy (non-hydrogen) atoms. The van der Waals surface area contributed by atoms with E-state index in [1.807, 2.05) is 18.5 Å². The van der Waals surface area contributed by atoms with Gasteiger partial charge in [0.1, 0.15) is 0 Å². The quantitative estimate of drug-likeness (QED) is 0.359. The number of aromatic nitrogens is 3. The highest BCUT2D eigenvalue weighted by molar-refractivity contribution is 14.2. The molecule has 0 saturated carbocycles. The molecule has 0 aliphatic carbocycles. The van der Waals surface area contributed by atoms with E-state index >= 15 is 0 Å². The van der Waals surface area contributed by atoms with Gasteiger partial charge in [-0.25, -0.2) is 4.98 Å². The second-order valence-electron chi connectivity index (χ2n) is 7.62. The number of pyridine rings is 2. The van der Waals surface area contributed by atoms with E-state index in [-0.39, 0.29) is 0 Å². The molecule has 7 heteroatoms. The number of anilines is 1. The molecule has 5 nitrogen and oxygen atoms in total. The topological polar surface area (TPSA) is 46.0 Å². The van der Waals surface area contributed by atoms with E-state index in [2.05, 4.69) is 88.9 Å². The Morgan fingerprint density at radius 2 is 1.93 bits per heavy atom. The molecule has 1 aromatic carbocycles. The first-order valence-corrected chi connectivity index (χ1v) is 13.1. The normalized spacial score (nSPS) is 15.9. The fourth-order valence-electron chi connectivity index (χ4n) is 4.13. The molecule has 1 fully saturated rings. The molecule has 148 valence electrons. The lowest BCUT2D eigenvalue weighted by molar-refractivity contribution is 0.264. The van der Waals surface area contributed by atoms with Crippen molar-refractivity contribution in [3.63, 3.8) is 0 Å². The van der Waals surface area contributed by atoms with Gasteiger partial charge in [-0.3, -0.25) is 8.96 Å². The molecule has 0 radical (unpaired) electrons. The minimum absolute atomic E-state index is 0.516. The number of nitrogens with one attached hydrogen (secondary N) is 1. The van der Waals surface area contributed by atoms with E-state index < -0.39 is 0 Å². The van der Waals surface area contributed by atoms with Gasteiger partial charge in [-0.05, 0) is 68.9 Å². The van der Waals surface area contributed by atoms with Crippen LogP contribution in [0.3, 0.4) is 0 Å². The third-order valence-corrected chi connectivity index (χ3v) is 7.44. The predicted molar refractivity (Wildman–Crippen MR) is 132 cm³/mol. The maximum atomic E-state index is 4.59. The van der Waals surface area contributed by atoms with E-state index in [1.54, 1.807) is 9.12 Å². The van der Waals surface area contributed by atoms with Crippen molar-refractivity contribution in [1.29, 1.82) is 0 Å². The second-order valence-corrected chi connectivity index (χ2v) is 9.34. The van der Waals surface area contributed by atoms with Crippen LogP contribution in [0.1, 0.15) is 12.8 Å². The van der Waals surface area contributed by atoms with E-state index in [0.717, 1.165) is 24.3 Å². The molecule has 0 atom stereocenters. The van der Waals surface area contributed by atoms with Crippen molar-refractivity contribution in [2.24, 2.45) is 0 Å². The fourth-order valence-corrected chi connectivity index (χ4v) is 5.38. The molecule has 5 rings (SSSR count). The van der Waals surface area contributed by atoms with Gasteiger partial charge in [0, 0.05) is 77.0 Å². The summed E-state index contributed by atoms with van der Waals surface area (Å²) in [6.07, 6.45) is 8.28. The molecule has 4 aromatic rings. The summed E-state index contributed by atoms with van der Waals surface area (Å²) in [4.78, 5) is 11.6. The molecule has 4 heterocycles. The van der Waals surface area contributed by atoms with E-state index in [0.29, 0.717) is 6.04 Å². The Hall–Kier alpha value is -1.84. The first kappa shape index (κ1) is 19.1. The lowest BCUT2D eigenvalue weighted by atomic mass is 10.0. The summed E-state index contributed by atoms with van der Waals surface area (Å²) in [5, 5.41) is 6.13. The number of benzene rings is 1. The Kier molecular flexibility index (Phi) is 5.36. The summed E-state index contributed by atoms with van der Waals surface area (Å²) in [5.74, 6) is 0. The van der Waals surface area contributed by atoms with Crippen LogP contribution in [0.2, 0.25) is 0 Å². The predicted octanol–water partition coefficient (Wildman–Crippen LogP) is 5.60. The van der Waals surface area contributed by atoms with Crippen LogP contribution in [0.15, 0.2) is 55.0 Å². The highest BCUT2D eigenvalue weighted by atomic mass is 127. The maximum Gasteiger partial charge on any atom is 0.151 e. The van der Waals surface area contributed by atoms with E-state index in [4.69, 9.17) is 0 Å². The molecule has 1 aliphatic heterocycles. The highest BCUT2D eigenvalue weighted by Crippen LogP contribution is 2.36. The summed E-state index contributed by atoms with van der Waals surface area (Å²) in [7, 11) is 3.84. The zero-order valence-electron chi connectivity index (χ0n) is 16.2. The van der Waals surface area contributed by atoms with Crippen LogP contribution < -0.4 is 5.32 Å². The molecule has 3 aromatic heterocycles. The first-order valence-electron chi connectivity index (χ1n) is 9.82. The van der Waals surface area contributed by atoms with Crippen LogP contribution in [-0.4, -0.2) is 45.0 Å². The smallest absolute Gasteiger partial charge is 0.151 e. The average molecular weight is 515 g/mol.